The van der Waals surface area contributed by atoms with Gasteiger partial charge in [-0.2, -0.15) is 0 Å². The van der Waals surface area contributed by atoms with E-state index in [0.29, 0.717) is 43.3 Å². The number of carbonyl (C=O) groups is 3. The number of hydrogen-bond donors (Lipinski definition) is 1. The number of hydrogen-bond acceptors (Lipinski definition) is 9. The Labute approximate surface area is 320 Å². The quantitative estimate of drug-likeness (QED) is 0.170. The number of nitrogens with one attached hydrogen (secondary N) is 1. The second-order valence-electron chi connectivity index (χ2n) is 16.0. The minimum Gasteiger partial charge on any atom is -0.497 e. The summed E-state index contributed by atoms with van der Waals surface area (Å²) in [6, 6.07) is 11.3. The molecule has 2 aromatic carbocycles. The van der Waals surface area contributed by atoms with E-state index < -0.39 is 21.2 Å². The molecule has 292 valence electrons. The molecule has 54 heavy (non-hydrogen) atoms. The van der Waals surface area contributed by atoms with Gasteiger partial charge in [0.25, 0.3) is 11.8 Å². The van der Waals surface area contributed by atoms with Gasteiger partial charge in [-0.3, -0.25) is 14.4 Å². The Morgan fingerprint density at radius 2 is 1.69 bits per heavy atom. The Kier molecular flexibility index (Phi) is 12.0. The molecule has 12 heteroatoms. The Morgan fingerprint density at radius 3 is 2.33 bits per heavy atom. The topological polar surface area (TPSA) is 126 Å². The summed E-state index contributed by atoms with van der Waals surface area (Å²) in [5.74, 6) is -0.231. The van der Waals surface area contributed by atoms with Crippen molar-refractivity contribution in [1.82, 2.24) is 14.5 Å². The van der Waals surface area contributed by atoms with Crippen molar-refractivity contribution < 1.29 is 32.3 Å². The van der Waals surface area contributed by atoms with Crippen molar-refractivity contribution >= 4 is 39.4 Å². The van der Waals surface area contributed by atoms with Crippen LogP contribution in [-0.4, -0.2) is 101 Å². The van der Waals surface area contributed by atoms with Crippen LogP contribution in [-0.2, 0) is 24.3 Å². The van der Waals surface area contributed by atoms with Gasteiger partial charge in [-0.1, -0.05) is 37.5 Å². The fourth-order valence-electron chi connectivity index (χ4n) is 8.64. The maximum Gasteiger partial charge on any atom is 0.264 e. The predicted octanol–water partition coefficient (Wildman–Crippen LogP) is 5.87. The number of fused-ring (bicyclic) bond motifs is 5. The average molecular weight is 761 g/mol. The highest BCUT2D eigenvalue weighted by Gasteiger charge is 2.46. The zero-order valence-electron chi connectivity index (χ0n) is 32.8. The van der Waals surface area contributed by atoms with Crippen molar-refractivity contribution in [1.29, 1.82) is 0 Å². The number of Topliss-reactive ketones (excluding diaryl/α,β-unsaturated/α-hetero) is 1. The van der Waals surface area contributed by atoms with Gasteiger partial charge in [0.1, 0.15) is 5.75 Å². The van der Waals surface area contributed by atoms with E-state index in [2.05, 4.69) is 15.7 Å². The highest BCUT2D eigenvalue weighted by atomic mass is 32.2. The molecule has 1 saturated carbocycles. The number of rotatable bonds is 11. The third-order valence-electron chi connectivity index (χ3n) is 11.3. The highest BCUT2D eigenvalue weighted by molar-refractivity contribution is 7.90. The number of ketones is 1. The van der Waals surface area contributed by atoms with Gasteiger partial charge in [-0.15, -0.1) is 0 Å². The van der Waals surface area contributed by atoms with E-state index in [1.807, 2.05) is 57.1 Å². The van der Waals surface area contributed by atoms with E-state index in [1.54, 1.807) is 30.2 Å². The van der Waals surface area contributed by atoms with Gasteiger partial charge >= 0.3 is 0 Å². The first-order valence-electron chi connectivity index (χ1n) is 19.4. The number of sulfonamides is 1. The first kappa shape index (κ1) is 39.7. The molecule has 1 aliphatic carbocycles. The first-order chi connectivity index (χ1) is 25.7. The van der Waals surface area contributed by atoms with Gasteiger partial charge < -0.3 is 24.2 Å². The van der Waals surface area contributed by atoms with E-state index in [1.165, 1.54) is 20.3 Å². The number of morpholine rings is 1. The van der Waals surface area contributed by atoms with Crippen molar-refractivity contribution in [2.24, 2.45) is 5.92 Å². The van der Waals surface area contributed by atoms with Crippen LogP contribution in [0.2, 0.25) is 0 Å². The zero-order chi connectivity index (χ0) is 38.9. The fraction of sp³-hybridized carbons (Fsp3) is 0.548. The van der Waals surface area contributed by atoms with Crippen LogP contribution in [0.25, 0.3) is 6.08 Å². The SMILES string of the molecule is COc1ccc2c(c1)C=C(C(=O)C(=CCCN(C)C)C(=O)N1CC(C)OC(C)C1)CN1c3cc(C(=O)NS(=O)(=O)C(C)C)ccc3C(C3CCCCC3)C21. The molecule has 6 rings (SSSR count). The standard InChI is InChI=1S/C42H56N4O7S/c1-26(2)54(50,51)43-41(48)30-15-17-35-37(22-30)46-25-32(40(47)36(14-11-19-44(5)6)42(49)45-23-27(3)53-28(4)24-45)20-31-21-33(52-7)16-18-34(31)39(46)38(35)29-12-9-8-10-13-29/h14-18,20-22,26-29,38-39H,8-13,19,23-25H2,1-7H3,(H,43,48). The maximum absolute atomic E-state index is 15.0. The van der Waals surface area contributed by atoms with E-state index in [9.17, 15) is 22.8 Å². The Morgan fingerprint density at radius 1 is 1.00 bits per heavy atom. The normalized spacial score (nSPS) is 23.4. The summed E-state index contributed by atoms with van der Waals surface area (Å²) in [5.41, 5.74) is 4.60. The van der Waals surface area contributed by atoms with Crippen LogP contribution in [0.4, 0.5) is 5.69 Å². The highest BCUT2D eigenvalue weighted by Crippen LogP contribution is 2.57. The van der Waals surface area contributed by atoms with Crippen molar-refractivity contribution in [2.75, 3.05) is 52.3 Å². The lowest BCUT2D eigenvalue weighted by atomic mass is 9.73. The molecule has 0 radical (unpaired) electrons. The molecule has 4 unspecified atom stereocenters. The number of benzene rings is 2. The summed E-state index contributed by atoms with van der Waals surface area (Å²) in [4.78, 5) is 48.8. The molecule has 3 heterocycles. The molecule has 2 amide bonds. The second kappa shape index (κ2) is 16.4. The summed E-state index contributed by atoms with van der Waals surface area (Å²) in [6.45, 7) is 8.57. The number of methoxy groups -OCH3 is 1. The average Bonchev–Trinajstić information content (AvgIpc) is 3.34. The van der Waals surface area contributed by atoms with Crippen LogP contribution in [0.15, 0.2) is 53.6 Å². The van der Waals surface area contributed by atoms with E-state index in [-0.39, 0.29) is 53.5 Å². The Hall–Kier alpha value is -4.00. The van der Waals surface area contributed by atoms with Gasteiger partial charge in [-0.05, 0) is 114 Å². The minimum absolute atomic E-state index is 0.0693. The molecule has 11 nitrogen and oxygen atoms in total. The van der Waals surface area contributed by atoms with E-state index >= 15 is 0 Å². The van der Waals surface area contributed by atoms with E-state index in [4.69, 9.17) is 9.47 Å². The van der Waals surface area contributed by atoms with Gasteiger partial charge in [0.05, 0.1) is 36.2 Å². The predicted molar refractivity (Wildman–Crippen MR) is 211 cm³/mol. The van der Waals surface area contributed by atoms with Gasteiger partial charge in [0.2, 0.25) is 10.0 Å². The molecule has 4 aliphatic rings. The number of amides is 2. The van der Waals surface area contributed by atoms with Gasteiger partial charge in [0.15, 0.2) is 5.78 Å². The van der Waals surface area contributed by atoms with Crippen LogP contribution in [0.3, 0.4) is 0 Å². The first-order valence-corrected chi connectivity index (χ1v) is 20.9. The van der Waals surface area contributed by atoms with E-state index in [0.717, 1.165) is 48.1 Å². The van der Waals surface area contributed by atoms with Crippen LogP contribution >= 0.6 is 0 Å². The van der Waals surface area contributed by atoms with Crippen LogP contribution in [0, 0.1) is 5.92 Å². The fourth-order valence-corrected chi connectivity index (χ4v) is 9.26. The summed E-state index contributed by atoms with van der Waals surface area (Å²) in [5, 5.41) is -0.777. The number of anilines is 1. The zero-order valence-corrected chi connectivity index (χ0v) is 33.6. The molecule has 0 spiro atoms. The molecule has 4 atom stereocenters. The molecule has 1 saturated heterocycles. The van der Waals surface area contributed by atoms with Crippen LogP contribution in [0.1, 0.15) is 105 Å². The van der Waals surface area contributed by atoms with Crippen LogP contribution < -0.4 is 14.4 Å². The molecule has 1 N–H and O–H groups in total. The third-order valence-corrected chi connectivity index (χ3v) is 13.0. The van der Waals surface area contributed by atoms with Crippen LogP contribution in [0.5, 0.6) is 5.75 Å². The summed E-state index contributed by atoms with van der Waals surface area (Å²) in [7, 11) is 1.68. The van der Waals surface area contributed by atoms with Crippen molar-refractivity contribution in [3.8, 4) is 5.75 Å². The number of ether oxygens (including phenoxy) is 2. The number of carbonyl (C=O) groups excluding carboxylic acids is 3. The van der Waals surface area contributed by atoms with Crippen molar-refractivity contribution in [3.05, 3.63) is 75.9 Å². The van der Waals surface area contributed by atoms with Crippen molar-refractivity contribution in [3.63, 3.8) is 0 Å². The molecule has 0 aromatic heterocycles. The summed E-state index contributed by atoms with van der Waals surface area (Å²) < 4.78 is 39.3. The molecular formula is C42H56N4O7S. The van der Waals surface area contributed by atoms with Gasteiger partial charge in [-0.25, -0.2) is 13.1 Å². The lowest BCUT2D eigenvalue weighted by Crippen LogP contribution is -2.49. The van der Waals surface area contributed by atoms with Gasteiger partial charge in [0, 0.05) is 48.9 Å². The molecular weight excluding hydrogens is 705 g/mol. The Bertz CT molecular complexity index is 1920. The smallest absolute Gasteiger partial charge is 0.264 e. The molecule has 2 aromatic rings. The molecule has 2 fully saturated rings. The third kappa shape index (κ3) is 8.30. The number of nitrogens with zero attached hydrogens (tertiary/aromatic N) is 3. The Balaban J connectivity index is 1.47. The minimum atomic E-state index is -3.86. The molecule has 3 aliphatic heterocycles. The largest absolute Gasteiger partial charge is 0.497 e. The summed E-state index contributed by atoms with van der Waals surface area (Å²) >= 11 is 0. The lowest BCUT2D eigenvalue weighted by Gasteiger charge is -2.36. The lowest BCUT2D eigenvalue weighted by molar-refractivity contribution is -0.140. The monoisotopic (exact) mass is 760 g/mol. The summed E-state index contributed by atoms with van der Waals surface area (Å²) in [6.07, 6.45) is 9.50. The maximum atomic E-state index is 15.0. The second-order valence-corrected chi connectivity index (χ2v) is 18.2. The molecule has 0 bridgehead atoms. The van der Waals surface area contributed by atoms with Crippen molar-refractivity contribution in [2.45, 2.75) is 95.6 Å².